The molecule has 3 fully saturated rings. The number of pyridine rings is 1. The maximum Gasteiger partial charge on any atom is 0.407 e. The monoisotopic (exact) mass is 799 g/mol. The number of benzene rings is 1. The van der Waals surface area contributed by atoms with Gasteiger partial charge in [0.2, 0.25) is 21.8 Å². The molecule has 13 nitrogen and oxygen atoms in total. The highest BCUT2D eigenvalue weighted by molar-refractivity contribution is 7.91. The molecular formula is C40H51F2N5O8S. The van der Waals surface area contributed by atoms with Crippen LogP contribution in [-0.2, 0) is 30.8 Å². The number of carbonyl (C=O) groups is 4. The van der Waals surface area contributed by atoms with E-state index in [1.165, 1.54) is 4.90 Å². The molecule has 3 aliphatic heterocycles. The molecule has 7 rings (SSSR count). The number of allylic oxidation sites excluding steroid dienone is 1. The predicted molar refractivity (Wildman–Crippen MR) is 202 cm³/mol. The molecule has 2 aliphatic carbocycles. The van der Waals surface area contributed by atoms with E-state index in [1.807, 2.05) is 32.9 Å². The van der Waals surface area contributed by atoms with Crippen LogP contribution < -0.4 is 14.8 Å². The molecule has 304 valence electrons. The summed E-state index contributed by atoms with van der Waals surface area (Å²) >= 11 is 0. The lowest BCUT2D eigenvalue weighted by Gasteiger charge is -2.38. The van der Waals surface area contributed by atoms with E-state index in [0.717, 1.165) is 4.90 Å². The molecule has 5 atom stereocenters. The van der Waals surface area contributed by atoms with Crippen LogP contribution in [0, 0.1) is 11.3 Å². The highest BCUT2D eigenvalue weighted by atomic mass is 32.2. The zero-order valence-corrected chi connectivity index (χ0v) is 33.1. The van der Waals surface area contributed by atoms with Gasteiger partial charge in [0.15, 0.2) is 5.75 Å². The Morgan fingerprint density at radius 2 is 1.86 bits per heavy atom. The van der Waals surface area contributed by atoms with Gasteiger partial charge in [-0.15, -0.1) is 0 Å². The third-order valence-electron chi connectivity index (χ3n) is 12.2. The lowest BCUT2D eigenvalue weighted by Crippen LogP contribution is -2.59. The van der Waals surface area contributed by atoms with Crippen LogP contribution in [0.4, 0.5) is 13.6 Å². The van der Waals surface area contributed by atoms with Crippen LogP contribution in [0.5, 0.6) is 5.75 Å². The Balaban J connectivity index is 1.29. The van der Waals surface area contributed by atoms with E-state index in [4.69, 9.17) is 4.74 Å². The molecule has 3 N–H and O–H groups in total. The number of nitrogens with one attached hydrogen (secondary N) is 2. The zero-order chi connectivity index (χ0) is 40.4. The van der Waals surface area contributed by atoms with Crippen molar-refractivity contribution >= 4 is 44.7 Å². The van der Waals surface area contributed by atoms with Crippen molar-refractivity contribution in [1.29, 1.82) is 0 Å². The Kier molecular flexibility index (Phi) is 10.1. The van der Waals surface area contributed by atoms with E-state index in [1.54, 1.807) is 31.2 Å². The number of hydrogen-bond acceptors (Lipinski definition) is 8. The fraction of sp³-hybridized carbons (Fsp3) is 0.625. The fourth-order valence-corrected chi connectivity index (χ4v) is 9.92. The SMILES string of the molecule is CC(C)(C)CN(C(=O)O)[C@H]1CCCCC/C=C\[C@@H]2C[C@@]2(C(=O)NS(=O)(=O)C2(C)CC2)NC(=O)[C@@H]2C[C@]3(CCc4c(c(C(F)F)nc5ccccc45)O3)CN2C1=O. The normalized spacial score (nSPS) is 29.6. The third kappa shape index (κ3) is 7.45. The van der Waals surface area contributed by atoms with Crippen molar-refractivity contribution in [2.45, 2.75) is 133 Å². The molecule has 0 unspecified atom stereocenters. The number of halogens is 2. The molecular weight excluding hydrogens is 749 g/mol. The molecule has 0 radical (unpaired) electrons. The number of ether oxygens (including phenoxy) is 1. The van der Waals surface area contributed by atoms with Crippen molar-refractivity contribution < 1.29 is 46.2 Å². The number of nitrogens with zero attached hydrogens (tertiary/aromatic N) is 3. The van der Waals surface area contributed by atoms with Gasteiger partial charge in [0.05, 0.1) is 16.8 Å². The Morgan fingerprint density at radius 3 is 2.54 bits per heavy atom. The van der Waals surface area contributed by atoms with Gasteiger partial charge in [-0.25, -0.2) is 27.0 Å². The second-order valence-corrected chi connectivity index (χ2v) is 20.0. The molecule has 2 aromatic rings. The molecule has 1 saturated heterocycles. The van der Waals surface area contributed by atoms with Gasteiger partial charge < -0.3 is 20.1 Å². The van der Waals surface area contributed by atoms with Crippen molar-refractivity contribution in [3.63, 3.8) is 0 Å². The summed E-state index contributed by atoms with van der Waals surface area (Å²) in [5, 5.41) is 14.0. The molecule has 56 heavy (non-hydrogen) atoms. The zero-order valence-electron chi connectivity index (χ0n) is 32.3. The van der Waals surface area contributed by atoms with Gasteiger partial charge in [-0.05, 0) is 69.8 Å². The number of sulfonamides is 1. The minimum atomic E-state index is -4.06. The first-order valence-electron chi connectivity index (χ1n) is 19.5. The number of aryl methyl sites for hydroxylation is 1. The molecule has 16 heteroatoms. The molecule has 0 bridgehead atoms. The summed E-state index contributed by atoms with van der Waals surface area (Å²) < 4.78 is 63.4. The number of rotatable bonds is 6. The topological polar surface area (TPSA) is 175 Å². The Bertz CT molecular complexity index is 2090. The first-order valence-corrected chi connectivity index (χ1v) is 21.0. The molecule has 1 spiro atoms. The maximum atomic E-state index is 15.0. The van der Waals surface area contributed by atoms with Crippen molar-refractivity contribution in [3.8, 4) is 5.75 Å². The quantitative estimate of drug-likeness (QED) is 0.313. The first kappa shape index (κ1) is 39.9. The summed E-state index contributed by atoms with van der Waals surface area (Å²) in [6.45, 7) is 6.94. The number of aromatic nitrogens is 1. The first-order chi connectivity index (χ1) is 26.3. The number of carboxylic acid groups (broad SMARTS) is 1. The van der Waals surface area contributed by atoms with Gasteiger partial charge in [0.1, 0.15) is 28.9 Å². The highest BCUT2D eigenvalue weighted by Crippen LogP contribution is 2.50. The Labute approximate surface area is 325 Å². The second kappa shape index (κ2) is 14.2. The van der Waals surface area contributed by atoms with Crippen LogP contribution in [0.3, 0.4) is 0 Å². The molecule has 4 heterocycles. The van der Waals surface area contributed by atoms with Crippen LogP contribution in [0.15, 0.2) is 36.4 Å². The number of fused-ring (bicyclic) bond motifs is 5. The minimum absolute atomic E-state index is 0.0239. The molecule has 5 aliphatic rings. The second-order valence-electron chi connectivity index (χ2n) is 17.8. The van der Waals surface area contributed by atoms with Crippen LogP contribution in [0.25, 0.3) is 10.9 Å². The van der Waals surface area contributed by atoms with Gasteiger partial charge >= 0.3 is 6.09 Å². The Hall–Kier alpha value is -4.34. The van der Waals surface area contributed by atoms with E-state index in [-0.39, 0.29) is 50.9 Å². The van der Waals surface area contributed by atoms with Gasteiger partial charge in [0, 0.05) is 29.8 Å². The van der Waals surface area contributed by atoms with Crippen molar-refractivity contribution in [1.82, 2.24) is 24.8 Å². The summed E-state index contributed by atoms with van der Waals surface area (Å²) in [4.78, 5) is 63.1. The van der Waals surface area contributed by atoms with Crippen LogP contribution >= 0.6 is 0 Å². The summed E-state index contributed by atoms with van der Waals surface area (Å²) in [6, 6.07) is 4.43. The molecule has 1 aromatic heterocycles. The van der Waals surface area contributed by atoms with E-state index in [9.17, 15) is 41.5 Å². The standard InChI is InChI=1S/C40H51F2N5O8S/c1-37(2,3)22-47(36(51)52)28-15-9-7-5-6-8-12-24-20-40(24,35(50)45-56(53,54)38(4)18-19-38)44-33(48)29-21-39(23-46(29)34(28)49)17-16-26-25-13-10-11-14-27(25)43-30(32(41)42)31(26)55-39/h8,10-14,24,28-29,32H,5-7,9,15-23H2,1-4H3,(H,44,48)(H,45,50)(H,51,52)/b12-8-/t24-,28+,29+,39-,40-/m1/s1. The number of amides is 4. The van der Waals surface area contributed by atoms with Crippen molar-refractivity contribution in [3.05, 3.63) is 47.7 Å². The van der Waals surface area contributed by atoms with Crippen molar-refractivity contribution in [2.75, 3.05) is 13.1 Å². The van der Waals surface area contributed by atoms with Crippen molar-refractivity contribution in [2.24, 2.45) is 11.3 Å². The van der Waals surface area contributed by atoms with Crippen LogP contribution in [0.1, 0.15) is 110 Å². The average molecular weight is 800 g/mol. The summed E-state index contributed by atoms with van der Waals surface area (Å²) in [7, 11) is -4.06. The lowest BCUT2D eigenvalue weighted by atomic mass is 9.87. The van der Waals surface area contributed by atoms with Crippen LogP contribution in [-0.4, -0.2) is 93.2 Å². The van der Waals surface area contributed by atoms with Gasteiger partial charge in [-0.3, -0.25) is 24.0 Å². The molecule has 4 amide bonds. The van der Waals surface area contributed by atoms with Gasteiger partial charge in [-0.2, -0.15) is 0 Å². The van der Waals surface area contributed by atoms with Crippen LogP contribution in [0.2, 0.25) is 0 Å². The number of carbonyl (C=O) groups excluding carboxylic acids is 3. The van der Waals surface area contributed by atoms with E-state index in [0.29, 0.717) is 55.0 Å². The highest BCUT2D eigenvalue weighted by Gasteiger charge is 2.64. The summed E-state index contributed by atoms with van der Waals surface area (Å²) in [5.74, 6) is -2.87. The van der Waals surface area contributed by atoms with E-state index >= 15 is 0 Å². The predicted octanol–water partition coefficient (Wildman–Crippen LogP) is 5.63. The Morgan fingerprint density at radius 1 is 1.12 bits per heavy atom. The maximum absolute atomic E-state index is 15.0. The summed E-state index contributed by atoms with van der Waals surface area (Å²) in [5.41, 5.74) is -3.10. The number of hydrogen-bond donors (Lipinski definition) is 3. The average Bonchev–Trinajstić information content (AvgIpc) is 4.02. The minimum Gasteiger partial charge on any atom is -0.483 e. The largest absolute Gasteiger partial charge is 0.483 e. The molecule has 2 saturated carbocycles. The molecule has 1 aromatic carbocycles. The number of alkyl halides is 2. The fourth-order valence-electron chi connectivity index (χ4n) is 8.61. The van der Waals surface area contributed by atoms with Gasteiger partial charge in [0.25, 0.3) is 12.3 Å². The number of para-hydroxylation sites is 1. The van der Waals surface area contributed by atoms with E-state index < -0.39 is 85.3 Å². The summed E-state index contributed by atoms with van der Waals surface area (Å²) in [6.07, 6.45) is 3.43. The van der Waals surface area contributed by atoms with Gasteiger partial charge in [-0.1, -0.05) is 64.0 Å². The smallest absolute Gasteiger partial charge is 0.407 e. The van der Waals surface area contributed by atoms with E-state index in [2.05, 4.69) is 15.0 Å². The lowest BCUT2D eigenvalue weighted by molar-refractivity contribution is -0.143. The third-order valence-corrected chi connectivity index (χ3v) is 14.3.